The molecule has 6 nitrogen and oxygen atoms in total. The molecule has 0 atom stereocenters. The summed E-state index contributed by atoms with van der Waals surface area (Å²) in [6, 6.07) is 7.22. The minimum absolute atomic E-state index is 0.0752. The van der Waals surface area contributed by atoms with Crippen molar-refractivity contribution in [3.63, 3.8) is 0 Å². The van der Waals surface area contributed by atoms with Crippen LogP contribution in [0.4, 0.5) is 5.69 Å². The minimum Gasteiger partial charge on any atom is -0.340 e. The van der Waals surface area contributed by atoms with Crippen LogP contribution in [0.25, 0.3) is 0 Å². The number of piperidine rings is 1. The Morgan fingerprint density at radius 1 is 1.11 bits per heavy atom. The number of piperazine rings is 1. The zero-order valence-electron chi connectivity index (χ0n) is 15.8. The van der Waals surface area contributed by atoms with Crippen molar-refractivity contribution in [3.05, 3.63) is 29.3 Å². The maximum absolute atomic E-state index is 12.4. The van der Waals surface area contributed by atoms with Crippen molar-refractivity contribution in [2.45, 2.75) is 25.7 Å². The lowest BCUT2D eigenvalue weighted by Crippen LogP contribution is -2.50. The van der Waals surface area contributed by atoms with Gasteiger partial charge in [-0.2, -0.15) is 0 Å². The Bertz CT molecular complexity index is 641. The number of benzene rings is 1. The predicted molar refractivity (Wildman–Crippen MR) is 108 cm³/mol. The van der Waals surface area contributed by atoms with Crippen LogP contribution in [0.5, 0.6) is 0 Å². The van der Waals surface area contributed by atoms with Crippen molar-refractivity contribution in [3.8, 4) is 0 Å². The second-order valence-electron chi connectivity index (χ2n) is 7.42. The number of anilines is 1. The number of para-hydroxylation sites is 1. The van der Waals surface area contributed by atoms with E-state index in [4.69, 9.17) is 11.6 Å². The highest BCUT2D eigenvalue weighted by atomic mass is 35.5. The summed E-state index contributed by atoms with van der Waals surface area (Å²) in [5, 5.41) is 6.75. The van der Waals surface area contributed by atoms with E-state index in [0.29, 0.717) is 42.7 Å². The van der Waals surface area contributed by atoms with Crippen molar-refractivity contribution in [2.24, 2.45) is 5.92 Å². The molecule has 1 aromatic carbocycles. The zero-order chi connectivity index (χ0) is 19.1. The van der Waals surface area contributed by atoms with Crippen molar-refractivity contribution < 1.29 is 9.59 Å². The molecule has 0 aliphatic carbocycles. The summed E-state index contributed by atoms with van der Waals surface area (Å²) in [6.45, 7) is 5.34. The fraction of sp³-hybridized carbons (Fsp3) is 0.600. The topological polar surface area (TPSA) is 64.7 Å². The second kappa shape index (κ2) is 10.1. The van der Waals surface area contributed by atoms with E-state index in [-0.39, 0.29) is 11.8 Å². The molecule has 0 saturated carbocycles. The van der Waals surface area contributed by atoms with Crippen LogP contribution in [0.3, 0.4) is 0 Å². The van der Waals surface area contributed by atoms with Crippen LogP contribution in [-0.2, 0) is 9.59 Å². The normalized spacial score (nSPS) is 19.1. The zero-order valence-corrected chi connectivity index (χ0v) is 16.5. The highest BCUT2D eigenvalue weighted by Crippen LogP contribution is 2.21. The summed E-state index contributed by atoms with van der Waals surface area (Å²) in [7, 11) is 0. The molecule has 7 heteroatoms. The van der Waals surface area contributed by atoms with Crippen molar-refractivity contribution in [1.29, 1.82) is 0 Å². The van der Waals surface area contributed by atoms with Crippen LogP contribution in [0.1, 0.15) is 25.7 Å². The van der Waals surface area contributed by atoms with E-state index in [0.717, 1.165) is 32.6 Å². The van der Waals surface area contributed by atoms with Gasteiger partial charge in [-0.05, 0) is 50.4 Å². The van der Waals surface area contributed by atoms with Gasteiger partial charge in [0.15, 0.2) is 0 Å². The van der Waals surface area contributed by atoms with Gasteiger partial charge in [0.25, 0.3) is 0 Å². The quantitative estimate of drug-likeness (QED) is 0.779. The molecular formula is C20H29ClN4O2. The number of amides is 2. The van der Waals surface area contributed by atoms with Gasteiger partial charge in [0, 0.05) is 32.6 Å². The van der Waals surface area contributed by atoms with Crippen LogP contribution in [0, 0.1) is 5.92 Å². The number of hydrogen-bond acceptors (Lipinski definition) is 4. The van der Waals surface area contributed by atoms with Gasteiger partial charge < -0.3 is 15.5 Å². The first-order chi connectivity index (χ1) is 13.1. The number of halogens is 1. The first kappa shape index (κ1) is 20.1. The molecule has 3 rings (SSSR count). The Morgan fingerprint density at radius 3 is 2.52 bits per heavy atom. The molecule has 0 radical (unpaired) electrons. The number of carbonyl (C=O) groups is 2. The summed E-state index contributed by atoms with van der Waals surface area (Å²) < 4.78 is 0. The molecule has 0 aromatic heterocycles. The van der Waals surface area contributed by atoms with E-state index in [1.807, 2.05) is 17.0 Å². The monoisotopic (exact) mass is 392 g/mol. The standard InChI is InChI=1S/C20H29ClN4O2/c21-17-3-1-2-4-18(17)23-19(26)15-24-11-13-25(14-12-24)20(27)6-5-16-7-9-22-10-8-16/h1-4,16,22H,5-15H2,(H,23,26). The molecule has 27 heavy (non-hydrogen) atoms. The molecular weight excluding hydrogens is 364 g/mol. The SMILES string of the molecule is O=C(CN1CCN(C(=O)CCC2CCNCC2)CC1)Nc1ccccc1Cl. The van der Waals surface area contributed by atoms with E-state index in [1.54, 1.807) is 12.1 Å². The molecule has 2 N–H and O–H groups in total. The van der Waals surface area contributed by atoms with Gasteiger partial charge in [-0.15, -0.1) is 0 Å². The summed E-state index contributed by atoms with van der Waals surface area (Å²) in [5.74, 6) is 0.868. The third-order valence-corrected chi connectivity index (χ3v) is 5.79. The summed E-state index contributed by atoms with van der Waals surface area (Å²) in [4.78, 5) is 28.7. The van der Waals surface area contributed by atoms with Crippen LogP contribution < -0.4 is 10.6 Å². The molecule has 2 amide bonds. The van der Waals surface area contributed by atoms with Gasteiger partial charge in [0.2, 0.25) is 11.8 Å². The number of nitrogens with zero attached hydrogens (tertiary/aromatic N) is 2. The lowest BCUT2D eigenvalue weighted by Gasteiger charge is -2.34. The molecule has 148 valence electrons. The van der Waals surface area contributed by atoms with Crippen LogP contribution in [0.15, 0.2) is 24.3 Å². The van der Waals surface area contributed by atoms with Crippen LogP contribution >= 0.6 is 11.6 Å². The van der Waals surface area contributed by atoms with Crippen LogP contribution in [0.2, 0.25) is 5.02 Å². The van der Waals surface area contributed by atoms with E-state index in [9.17, 15) is 9.59 Å². The Morgan fingerprint density at radius 2 is 1.81 bits per heavy atom. The maximum Gasteiger partial charge on any atom is 0.238 e. The van der Waals surface area contributed by atoms with E-state index in [2.05, 4.69) is 15.5 Å². The smallest absolute Gasteiger partial charge is 0.238 e. The molecule has 2 fully saturated rings. The van der Waals surface area contributed by atoms with Crippen molar-refractivity contribution in [1.82, 2.24) is 15.1 Å². The molecule has 2 aliphatic heterocycles. The average molecular weight is 393 g/mol. The first-order valence-electron chi connectivity index (χ1n) is 9.87. The lowest BCUT2D eigenvalue weighted by molar-refractivity contribution is -0.133. The Hall–Kier alpha value is -1.63. The van der Waals surface area contributed by atoms with Crippen LogP contribution in [-0.4, -0.2) is 67.4 Å². The third-order valence-electron chi connectivity index (χ3n) is 5.47. The van der Waals surface area contributed by atoms with Crippen molar-refractivity contribution in [2.75, 3.05) is 51.1 Å². The molecule has 0 spiro atoms. The molecule has 2 aliphatic rings. The number of rotatable bonds is 6. The number of carbonyl (C=O) groups excluding carboxylic acids is 2. The summed E-state index contributed by atoms with van der Waals surface area (Å²) in [6.07, 6.45) is 4.02. The third kappa shape index (κ3) is 6.19. The van der Waals surface area contributed by atoms with Gasteiger partial charge in [0.1, 0.15) is 0 Å². The number of hydrogen-bond donors (Lipinski definition) is 2. The van der Waals surface area contributed by atoms with Gasteiger partial charge in [-0.25, -0.2) is 0 Å². The highest BCUT2D eigenvalue weighted by Gasteiger charge is 2.23. The molecule has 1 aromatic rings. The predicted octanol–water partition coefficient (Wildman–Crippen LogP) is 2.20. The molecule has 0 bridgehead atoms. The maximum atomic E-state index is 12.4. The average Bonchev–Trinajstić information content (AvgIpc) is 2.69. The fourth-order valence-electron chi connectivity index (χ4n) is 3.77. The van der Waals surface area contributed by atoms with E-state index < -0.39 is 0 Å². The largest absolute Gasteiger partial charge is 0.340 e. The van der Waals surface area contributed by atoms with E-state index >= 15 is 0 Å². The van der Waals surface area contributed by atoms with E-state index in [1.165, 1.54) is 12.8 Å². The molecule has 2 saturated heterocycles. The summed E-state index contributed by atoms with van der Waals surface area (Å²) >= 11 is 6.07. The minimum atomic E-state index is -0.0752. The van der Waals surface area contributed by atoms with Gasteiger partial charge in [-0.1, -0.05) is 23.7 Å². The van der Waals surface area contributed by atoms with Gasteiger partial charge in [0.05, 0.1) is 17.3 Å². The fourth-order valence-corrected chi connectivity index (χ4v) is 3.95. The highest BCUT2D eigenvalue weighted by molar-refractivity contribution is 6.33. The number of nitrogens with one attached hydrogen (secondary N) is 2. The van der Waals surface area contributed by atoms with Gasteiger partial charge in [-0.3, -0.25) is 14.5 Å². The summed E-state index contributed by atoms with van der Waals surface area (Å²) in [5.41, 5.74) is 0.635. The Labute approximate surface area is 166 Å². The molecule has 0 unspecified atom stereocenters. The lowest BCUT2D eigenvalue weighted by atomic mass is 9.93. The second-order valence-corrected chi connectivity index (χ2v) is 7.82. The first-order valence-corrected chi connectivity index (χ1v) is 10.2. The molecule has 2 heterocycles. The van der Waals surface area contributed by atoms with Gasteiger partial charge >= 0.3 is 0 Å². The Kier molecular flexibility index (Phi) is 7.50. The van der Waals surface area contributed by atoms with Crippen molar-refractivity contribution >= 4 is 29.1 Å². The Balaban J connectivity index is 1.36.